The Bertz CT molecular complexity index is 985. The zero-order chi connectivity index (χ0) is 25.3. The highest BCUT2D eigenvalue weighted by Gasteiger charge is 2.45. The third kappa shape index (κ3) is 6.52. The molecule has 35 heavy (non-hydrogen) atoms. The Morgan fingerprint density at radius 2 is 1.77 bits per heavy atom. The maximum atomic E-state index is 12.9. The molecule has 3 aliphatic rings. The van der Waals surface area contributed by atoms with Crippen molar-refractivity contribution in [2.45, 2.75) is 62.9 Å². The number of hydrogen-bond acceptors (Lipinski definition) is 5. The Balaban J connectivity index is 1.59. The lowest BCUT2D eigenvalue weighted by Crippen LogP contribution is -2.50. The third-order valence-electron chi connectivity index (χ3n) is 7.27. The molecule has 1 aromatic carbocycles. The predicted octanol–water partition coefficient (Wildman–Crippen LogP) is 5.96. The molecule has 1 aliphatic carbocycles. The second kappa shape index (κ2) is 10.3. The SMILES string of the molecule is CC(C)(C)c1ccc(SN2CCC3=CC(=NCC(F)(F)F)C(=CN)C[C@]3(CN3CCCC3)C2)cc1. The van der Waals surface area contributed by atoms with Gasteiger partial charge in [-0.1, -0.05) is 38.5 Å². The largest absolute Gasteiger partial charge is 0.407 e. The molecule has 0 bridgehead atoms. The van der Waals surface area contributed by atoms with Gasteiger partial charge in [-0.05, 0) is 91.7 Å². The van der Waals surface area contributed by atoms with E-state index in [0.29, 0.717) is 12.1 Å². The van der Waals surface area contributed by atoms with Crippen molar-refractivity contribution in [3.63, 3.8) is 0 Å². The number of allylic oxidation sites excluding steroid dienone is 2. The Kier molecular flexibility index (Phi) is 7.74. The molecule has 0 unspecified atom stereocenters. The minimum Gasteiger partial charge on any atom is -0.404 e. The van der Waals surface area contributed by atoms with Gasteiger partial charge in [-0.3, -0.25) is 4.99 Å². The topological polar surface area (TPSA) is 44.9 Å². The van der Waals surface area contributed by atoms with Crippen LogP contribution in [0.1, 0.15) is 52.0 Å². The first-order valence-corrected chi connectivity index (χ1v) is 13.2. The van der Waals surface area contributed by atoms with Crippen molar-refractivity contribution in [2.24, 2.45) is 16.1 Å². The normalized spacial score (nSPS) is 26.9. The van der Waals surface area contributed by atoms with Gasteiger partial charge in [-0.25, -0.2) is 4.31 Å². The zero-order valence-electron chi connectivity index (χ0n) is 21.0. The van der Waals surface area contributed by atoms with Crippen LogP contribution < -0.4 is 5.73 Å². The van der Waals surface area contributed by atoms with E-state index in [4.69, 9.17) is 5.73 Å². The molecule has 2 saturated heterocycles. The minimum absolute atomic E-state index is 0.117. The first-order chi connectivity index (χ1) is 16.5. The van der Waals surface area contributed by atoms with Crippen LogP contribution in [-0.2, 0) is 5.41 Å². The van der Waals surface area contributed by atoms with Crippen molar-refractivity contribution in [3.05, 3.63) is 53.3 Å². The van der Waals surface area contributed by atoms with Crippen LogP contribution in [0.2, 0.25) is 0 Å². The molecule has 2 N–H and O–H groups in total. The molecule has 2 fully saturated rings. The summed E-state index contributed by atoms with van der Waals surface area (Å²) in [4.78, 5) is 7.62. The highest BCUT2D eigenvalue weighted by molar-refractivity contribution is 7.97. The highest BCUT2D eigenvalue weighted by atomic mass is 32.2. The van der Waals surface area contributed by atoms with Gasteiger partial charge in [-0.2, -0.15) is 13.2 Å². The van der Waals surface area contributed by atoms with Crippen LogP contribution in [0.25, 0.3) is 0 Å². The van der Waals surface area contributed by atoms with Gasteiger partial charge in [0.25, 0.3) is 0 Å². The summed E-state index contributed by atoms with van der Waals surface area (Å²) in [5.74, 6) is 0. The number of halogens is 3. The van der Waals surface area contributed by atoms with Gasteiger partial charge in [0.1, 0.15) is 6.54 Å². The maximum absolute atomic E-state index is 12.9. The summed E-state index contributed by atoms with van der Waals surface area (Å²) >= 11 is 1.78. The summed E-state index contributed by atoms with van der Waals surface area (Å²) in [5.41, 5.74) is 9.55. The lowest BCUT2D eigenvalue weighted by molar-refractivity contribution is -0.118. The summed E-state index contributed by atoms with van der Waals surface area (Å²) in [7, 11) is 0. The summed E-state index contributed by atoms with van der Waals surface area (Å²) in [6.45, 7) is 10.2. The molecule has 2 aliphatic heterocycles. The van der Waals surface area contributed by atoms with Gasteiger partial charge in [0.05, 0.1) is 5.71 Å². The van der Waals surface area contributed by atoms with E-state index in [9.17, 15) is 13.2 Å². The number of hydrogen-bond donors (Lipinski definition) is 1. The Morgan fingerprint density at radius 3 is 2.37 bits per heavy atom. The molecule has 8 heteroatoms. The molecule has 0 aromatic heterocycles. The quantitative estimate of drug-likeness (QED) is 0.501. The smallest absolute Gasteiger partial charge is 0.404 e. The third-order valence-corrected chi connectivity index (χ3v) is 8.32. The molecule has 192 valence electrons. The molecule has 4 nitrogen and oxygen atoms in total. The summed E-state index contributed by atoms with van der Waals surface area (Å²) < 4.78 is 41.0. The zero-order valence-corrected chi connectivity index (χ0v) is 21.8. The van der Waals surface area contributed by atoms with Crippen molar-refractivity contribution < 1.29 is 13.2 Å². The Morgan fingerprint density at radius 1 is 1.09 bits per heavy atom. The van der Waals surface area contributed by atoms with Crippen LogP contribution in [0.3, 0.4) is 0 Å². The molecular weight excluding hydrogens is 469 g/mol. The molecule has 1 atom stereocenters. The number of nitrogens with zero attached hydrogens (tertiary/aromatic N) is 3. The fourth-order valence-electron chi connectivity index (χ4n) is 5.42. The van der Waals surface area contributed by atoms with E-state index < -0.39 is 12.7 Å². The summed E-state index contributed by atoms with van der Waals surface area (Å²) in [6, 6.07) is 8.79. The van der Waals surface area contributed by atoms with Gasteiger partial charge in [-0.15, -0.1) is 0 Å². The molecule has 4 rings (SSSR count). The summed E-state index contributed by atoms with van der Waals surface area (Å²) in [5, 5.41) is 0. The van der Waals surface area contributed by atoms with E-state index >= 15 is 0 Å². The van der Waals surface area contributed by atoms with Crippen LogP contribution in [-0.4, -0.2) is 60.4 Å². The van der Waals surface area contributed by atoms with Crippen LogP contribution in [0.5, 0.6) is 0 Å². The highest BCUT2D eigenvalue weighted by Crippen LogP contribution is 2.47. The first kappa shape index (κ1) is 26.3. The van der Waals surface area contributed by atoms with Crippen LogP contribution in [0.15, 0.2) is 57.6 Å². The fraction of sp³-hybridized carbons (Fsp3) is 0.593. The number of piperidine rings is 1. The number of fused-ring (bicyclic) bond motifs is 1. The summed E-state index contributed by atoms with van der Waals surface area (Å²) in [6.07, 6.45) is 2.90. The van der Waals surface area contributed by atoms with Crippen molar-refractivity contribution in [2.75, 3.05) is 39.3 Å². The number of rotatable bonds is 5. The maximum Gasteiger partial charge on any atom is 0.407 e. The second-order valence-corrected chi connectivity index (χ2v) is 12.3. The minimum atomic E-state index is -4.32. The van der Waals surface area contributed by atoms with Crippen LogP contribution in [0, 0.1) is 5.41 Å². The van der Waals surface area contributed by atoms with E-state index in [0.717, 1.165) is 44.7 Å². The average molecular weight is 507 g/mol. The molecule has 0 amide bonds. The first-order valence-electron chi connectivity index (χ1n) is 12.5. The second-order valence-electron chi connectivity index (χ2n) is 11.1. The van der Waals surface area contributed by atoms with E-state index in [1.807, 2.05) is 6.08 Å². The lowest BCUT2D eigenvalue weighted by Gasteiger charge is -2.48. The number of benzene rings is 1. The van der Waals surface area contributed by atoms with Crippen LogP contribution in [0.4, 0.5) is 13.2 Å². The Labute approximate surface area is 211 Å². The van der Waals surface area contributed by atoms with E-state index in [-0.39, 0.29) is 10.8 Å². The fourth-order valence-corrected chi connectivity index (χ4v) is 6.47. The van der Waals surface area contributed by atoms with Gasteiger partial charge in [0.2, 0.25) is 0 Å². The van der Waals surface area contributed by atoms with Gasteiger partial charge in [0, 0.05) is 29.9 Å². The van der Waals surface area contributed by atoms with Crippen molar-refractivity contribution in [3.8, 4) is 0 Å². The standard InChI is InChI=1S/C27H37F3N4S/c1-25(2,3)21-6-8-23(9-7-21)35-34-13-10-22-14-24(32-17-27(28,29)30)20(16-31)15-26(22,19-34)18-33-11-4-5-12-33/h6-9,14,16H,4-5,10-13,15,17-19,31H2,1-3H3/t26-/m0/s1. The number of aliphatic imine (C=N–C) groups is 1. The number of nitrogens with two attached hydrogens (primary N) is 1. The molecule has 0 radical (unpaired) electrons. The molecule has 1 aromatic rings. The molecular formula is C27H37F3N4S. The van der Waals surface area contributed by atoms with Crippen LogP contribution >= 0.6 is 11.9 Å². The lowest BCUT2D eigenvalue weighted by atomic mass is 9.67. The molecule has 2 heterocycles. The average Bonchev–Trinajstić information content (AvgIpc) is 3.29. The van der Waals surface area contributed by atoms with E-state index in [1.54, 1.807) is 11.9 Å². The van der Waals surface area contributed by atoms with Crippen molar-refractivity contribution >= 4 is 17.7 Å². The number of alkyl halides is 3. The van der Waals surface area contributed by atoms with Crippen molar-refractivity contribution in [1.29, 1.82) is 0 Å². The van der Waals surface area contributed by atoms with E-state index in [1.165, 1.54) is 35.1 Å². The van der Waals surface area contributed by atoms with Gasteiger partial charge >= 0.3 is 6.18 Å². The monoisotopic (exact) mass is 506 g/mol. The number of likely N-dealkylation sites (tertiary alicyclic amines) is 1. The Hall–Kier alpha value is -1.77. The van der Waals surface area contributed by atoms with Crippen molar-refractivity contribution in [1.82, 2.24) is 9.21 Å². The molecule has 0 saturated carbocycles. The van der Waals surface area contributed by atoms with Gasteiger partial charge in [0.15, 0.2) is 0 Å². The van der Waals surface area contributed by atoms with E-state index in [2.05, 4.69) is 59.2 Å². The van der Waals surface area contributed by atoms with Gasteiger partial charge < -0.3 is 10.6 Å². The molecule has 0 spiro atoms. The predicted molar refractivity (Wildman–Crippen MR) is 139 cm³/mol.